The second-order valence-electron chi connectivity index (χ2n) is 6.70. The lowest BCUT2D eigenvalue weighted by atomic mass is 10.0. The molecule has 1 aliphatic rings. The molecule has 1 aliphatic heterocycles. The van der Waals surface area contributed by atoms with E-state index < -0.39 is 0 Å². The molecule has 5 heteroatoms. The van der Waals surface area contributed by atoms with E-state index in [9.17, 15) is 4.79 Å². The molecule has 23 heavy (non-hydrogen) atoms. The van der Waals surface area contributed by atoms with E-state index in [4.69, 9.17) is 9.26 Å². The standard InChI is InChI=1S/C18H22N2O3/c1-12-10-20(11-18(3,4)22-12)17(21)15-13(2)23-19-16(15)14-8-6-5-7-9-14/h5-9,12H,10-11H2,1-4H3. The molecule has 5 nitrogen and oxygen atoms in total. The molecule has 2 aromatic rings. The third kappa shape index (κ3) is 3.15. The van der Waals surface area contributed by atoms with Crippen molar-refractivity contribution in [3.63, 3.8) is 0 Å². The minimum absolute atomic E-state index is 0.00282. The second kappa shape index (κ2) is 5.81. The van der Waals surface area contributed by atoms with E-state index in [2.05, 4.69) is 5.16 Å². The van der Waals surface area contributed by atoms with E-state index in [0.717, 1.165) is 5.56 Å². The van der Waals surface area contributed by atoms with Crippen molar-refractivity contribution in [3.8, 4) is 11.3 Å². The zero-order valence-corrected chi connectivity index (χ0v) is 14.0. The highest BCUT2D eigenvalue weighted by molar-refractivity contribution is 6.00. The lowest BCUT2D eigenvalue weighted by Gasteiger charge is -2.41. The third-order valence-electron chi connectivity index (χ3n) is 3.98. The smallest absolute Gasteiger partial charge is 0.259 e. The molecule has 0 bridgehead atoms. The van der Waals surface area contributed by atoms with Crippen LogP contribution in [0.3, 0.4) is 0 Å². The summed E-state index contributed by atoms with van der Waals surface area (Å²) >= 11 is 0. The van der Waals surface area contributed by atoms with E-state index in [0.29, 0.717) is 30.1 Å². The average Bonchev–Trinajstić information content (AvgIpc) is 2.87. The van der Waals surface area contributed by atoms with Gasteiger partial charge in [-0.3, -0.25) is 4.79 Å². The van der Waals surface area contributed by atoms with Gasteiger partial charge in [0.2, 0.25) is 0 Å². The molecule has 0 saturated carbocycles. The van der Waals surface area contributed by atoms with Crippen LogP contribution >= 0.6 is 0 Å². The van der Waals surface area contributed by atoms with Crippen LogP contribution in [0.4, 0.5) is 0 Å². The largest absolute Gasteiger partial charge is 0.369 e. The molecule has 0 aliphatic carbocycles. The van der Waals surface area contributed by atoms with Crippen LogP contribution < -0.4 is 0 Å². The van der Waals surface area contributed by atoms with Gasteiger partial charge in [0.25, 0.3) is 5.91 Å². The first-order valence-electron chi connectivity index (χ1n) is 7.86. The number of morpholine rings is 1. The first kappa shape index (κ1) is 15.7. The van der Waals surface area contributed by atoms with Crippen molar-refractivity contribution in [2.75, 3.05) is 13.1 Å². The van der Waals surface area contributed by atoms with E-state index in [1.54, 1.807) is 6.92 Å². The summed E-state index contributed by atoms with van der Waals surface area (Å²) < 4.78 is 11.2. The summed E-state index contributed by atoms with van der Waals surface area (Å²) in [6, 6.07) is 9.64. The van der Waals surface area contributed by atoms with Crippen molar-refractivity contribution in [1.82, 2.24) is 10.1 Å². The summed E-state index contributed by atoms with van der Waals surface area (Å²) in [5.74, 6) is 0.497. The van der Waals surface area contributed by atoms with Crippen molar-refractivity contribution >= 4 is 5.91 Å². The topological polar surface area (TPSA) is 55.6 Å². The number of amides is 1. The quantitative estimate of drug-likeness (QED) is 0.853. The van der Waals surface area contributed by atoms with Crippen LogP contribution in [0.15, 0.2) is 34.9 Å². The summed E-state index contributed by atoms with van der Waals surface area (Å²) in [4.78, 5) is 14.9. The summed E-state index contributed by atoms with van der Waals surface area (Å²) in [7, 11) is 0. The molecule has 1 atom stereocenters. The van der Waals surface area contributed by atoms with Crippen LogP contribution in [-0.2, 0) is 4.74 Å². The normalized spacial score (nSPS) is 20.5. The van der Waals surface area contributed by atoms with Crippen molar-refractivity contribution in [2.24, 2.45) is 0 Å². The number of aromatic nitrogens is 1. The molecule has 122 valence electrons. The molecular weight excluding hydrogens is 292 g/mol. The number of nitrogens with zero attached hydrogens (tertiary/aromatic N) is 2. The molecule has 1 aromatic carbocycles. The first-order chi connectivity index (χ1) is 10.9. The fourth-order valence-corrected chi connectivity index (χ4v) is 3.18. The Morgan fingerprint density at radius 3 is 2.65 bits per heavy atom. The van der Waals surface area contributed by atoms with Crippen LogP contribution in [-0.4, -0.2) is 40.8 Å². The molecule has 3 rings (SSSR count). The van der Waals surface area contributed by atoms with E-state index in [-0.39, 0.29) is 17.6 Å². The Bertz CT molecular complexity index is 706. The van der Waals surface area contributed by atoms with Gasteiger partial charge in [0, 0.05) is 18.7 Å². The highest BCUT2D eigenvalue weighted by atomic mass is 16.5. The zero-order valence-electron chi connectivity index (χ0n) is 14.0. The van der Waals surface area contributed by atoms with Gasteiger partial charge in [-0.1, -0.05) is 35.5 Å². The summed E-state index contributed by atoms with van der Waals surface area (Å²) in [6.45, 7) is 8.89. The molecule has 2 heterocycles. The van der Waals surface area contributed by atoms with E-state index in [1.807, 2.05) is 56.0 Å². The lowest BCUT2D eigenvalue weighted by Crippen LogP contribution is -2.53. The van der Waals surface area contributed by atoms with Crippen LogP contribution in [0.1, 0.15) is 36.9 Å². The van der Waals surface area contributed by atoms with Crippen molar-refractivity contribution in [3.05, 3.63) is 41.7 Å². The van der Waals surface area contributed by atoms with Gasteiger partial charge in [0.05, 0.1) is 11.7 Å². The molecule has 0 spiro atoms. The molecule has 0 radical (unpaired) electrons. The van der Waals surface area contributed by atoms with E-state index >= 15 is 0 Å². The van der Waals surface area contributed by atoms with Gasteiger partial charge >= 0.3 is 0 Å². The van der Waals surface area contributed by atoms with Gasteiger partial charge in [0.1, 0.15) is 17.0 Å². The second-order valence-corrected chi connectivity index (χ2v) is 6.70. The van der Waals surface area contributed by atoms with Gasteiger partial charge in [-0.15, -0.1) is 0 Å². The van der Waals surface area contributed by atoms with Gasteiger partial charge in [-0.25, -0.2) is 0 Å². The average molecular weight is 314 g/mol. The van der Waals surface area contributed by atoms with Crippen LogP contribution in [0.5, 0.6) is 0 Å². The number of carbonyl (C=O) groups is 1. The monoisotopic (exact) mass is 314 g/mol. The van der Waals surface area contributed by atoms with Gasteiger partial charge < -0.3 is 14.2 Å². The Morgan fingerprint density at radius 1 is 1.30 bits per heavy atom. The molecule has 1 amide bonds. The predicted octanol–water partition coefficient (Wildman–Crippen LogP) is 3.29. The summed E-state index contributed by atoms with van der Waals surface area (Å²) in [5.41, 5.74) is 1.67. The number of aryl methyl sites for hydroxylation is 1. The minimum Gasteiger partial charge on any atom is -0.369 e. The van der Waals surface area contributed by atoms with Crippen LogP contribution in [0, 0.1) is 6.92 Å². The van der Waals surface area contributed by atoms with Crippen molar-refractivity contribution in [1.29, 1.82) is 0 Å². The Kier molecular flexibility index (Phi) is 3.98. The highest BCUT2D eigenvalue weighted by Gasteiger charge is 2.36. The Balaban J connectivity index is 1.96. The maximum Gasteiger partial charge on any atom is 0.259 e. The molecule has 1 unspecified atom stereocenters. The number of carbonyl (C=O) groups excluding carboxylic acids is 1. The molecule has 1 saturated heterocycles. The molecule has 1 fully saturated rings. The summed E-state index contributed by atoms with van der Waals surface area (Å²) in [5, 5.41) is 4.10. The molecule has 1 aromatic heterocycles. The predicted molar refractivity (Wildman–Crippen MR) is 87.2 cm³/mol. The summed E-state index contributed by atoms with van der Waals surface area (Å²) in [6.07, 6.45) is 0.00282. The maximum absolute atomic E-state index is 13.1. The van der Waals surface area contributed by atoms with Crippen LogP contribution in [0.25, 0.3) is 11.3 Å². The van der Waals surface area contributed by atoms with Gasteiger partial charge in [0.15, 0.2) is 0 Å². The highest BCUT2D eigenvalue weighted by Crippen LogP contribution is 2.29. The van der Waals surface area contributed by atoms with Crippen molar-refractivity contribution < 1.29 is 14.1 Å². The SMILES string of the molecule is Cc1onc(-c2ccccc2)c1C(=O)N1CC(C)OC(C)(C)C1. The van der Waals surface area contributed by atoms with Gasteiger partial charge in [-0.05, 0) is 27.7 Å². The van der Waals surface area contributed by atoms with Gasteiger partial charge in [-0.2, -0.15) is 0 Å². The molecular formula is C18H22N2O3. The fourth-order valence-electron chi connectivity index (χ4n) is 3.18. The molecule has 0 N–H and O–H groups in total. The van der Waals surface area contributed by atoms with Crippen LogP contribution in [0.2, 0.25) is 0 Å². The maximum atomic E-state index is 13.1. The number of rotatable bonds is 2. The number of hydrogen-bond acceptors (Lipinski definition) is 4. The number of hydrogen-bond donors (Lipinski definition) is 0. The van der Waals surface area contributed by atoms with Crippen molar-refractivity contribution in [2.45, 2.75) is 39.4 Å². The third-order valence-corrected chi connectivity index (χ3v) is 3.98. The first-order valence-corrected chi connectivity index (χ1v) is 7.86. The number of ether oxygens (including phenoxy) is 1. The van der Waals surface area contributed by atoms with E-state index in [1.165, 1.54) is 0 Å². The lowest BCUT2D eigenvalue weighted by molar-refractivity contribution is -0.118. The minimum atomic E-state index is -0.356. The zero-order chi connectivity index (χ0) is 16.6. The Morgan fingerprint density at radius 2 is 2.00 bits per heavy atom. The Labute approximate surface area is 136 Å². The fraction of sp³-hybridized carbons (Fsp3) is 0.444. The number of benzene rings is 1. The Hall–Kier alpha value is -2.14.